The van der Waals surface area contributed by atoms with Gasteiger partial charge in [-0.2, -0.15) is 0 Å². The lowest BCUT2D eigenvalue weighted by Crippen LogP contribution is -2.48. The molecule has 1 amide bonds. The van der Waals surface area contributed by atoms with Crippen LogP contribution in [0.2, 0.25) is 0 Å². The van der Waals surface area contributed by atoms with Crippen molar-refractivity contribution in [1.82, 2.24) is 5.32 Å². The standard InChI is InChI=1S/C16H26N2O3/c1-16(2,3)14(10-17)18-15(19)9-11-6-7-12(20-4)13(8-11)21-5/h6-8,14H,9-10,17H2,1-5H3,(H,18,19). The van der Waals surface area contributed by atoms with Gasteiger partial charge in [-0.25, -0.2) is 0 Å². The van der Waals surface area contributed by atoms with Crippen LogP contribution >= 0.6 is 0 Å². The molecule has 1 rings (SSSR count). The van der Waals surface area contributed by atoms with Crippen LogP contribution in [0.3, 0.4) is 0 Å². The molecule has 0 radical (unpaired) electrons. The van der Waals surface area contributed by atoms with Gasteiger partial charge in [0.1, 0.15) is 0 Å². The molecule has 1 atom stereocenters. The second-order valence-electron chi connectivity index (χ2n) is 6.09. The molecule has 0 fully saturated rings. The van der Waals surface area contributed by atoms with Crippen molar-refractivity contribution in [3.63, 3.8) is 0 Å². The number of rotatable bonds is 6. The summed E-state index contributed by atoms with van der Waals surface area (Å²) in [5.74, 6) is 1.22. The molecule has 1 aromatic carbocycles. The van der Waals surface area contributed by atoms with Crippen molar-refractivity contribution < 1.29 is 14.3 Å². The molecule has 0 heterocycles. The monoisotopic (exact) mass is 294 g/mol. The number of methoxy groups -OCH3 is 2. The Labute approximate surface area is 126 Å². The molecule has 0 aliphatic heterocycles. The van der Waals surface area contributed by atoms with Gasteiger partial charge >= 0.3 is 0 Å². The first-order valence-electron chi connectivity index (χ1n) is 7.02. The summed E-state index contributed by atoms with van der Waals surface area (Å²) >= 11 is 0. The van der Waals surface area contributed by atoms with Gasteiger partial charge in [0, 0.05) is 12.6 Å². The van der Waals surface area contributed by atoms with Gasteiger partial charge in [0.05, 0.1) is 20.6 Å². The van der Waals surface area contributed by atoms with Crippen LogP contribution in [0.1, 0.15) is 26.3 Å². The number of nitrogens with one attached hydrogen (secondary N) is 1. The minimum Gasteiger partial charge on any atom is -0.493 e. The molecule has 1 aromatic rings. The number of hydrogen-bond donors (Lipinski definition) is 2. The van der Waals surface area contributed by atoms with Gasteiger partial charge in [0.15, 0.2) is 11.5 Å². The van der Waals surface area contributed by atoms with E-state index in [0.717, 1.165) is 5.56 Å². The summed E-state index contributed by atoms with van der Waals surface area (Å²) in [6.07, 6.45) is 0.285. The van der Waals surface area contributed by atoms with Crippen molar-refractivity contribution in [2.75, 3.05) is 20.8 Å². The normalized spacial score (nSPS) is 12.7. The fourth-order valence-corrected chi connectivity index (χ4v) is 2.05. The Morgan fingerprint density at radius 3 is 2.33 bits per heavy atom. The fourth-order valence-electron chi connectivity index (χ4n) is 2.05. The van der Waals surface area contributed by atoms with Crippen LogP contribution in [0.4, 0.5) is 0 Å². The van der Waals surface area contributed by atoms with E-state index in [1.54, 1.807) is 20.3 Å². The number of amides is 1. The van der Waals surface area contributed by atoms with Gasteiger partial charge < -0.3 is 20.5 Å². The van der Waals surface area contributed by atoms with Crippen molar-refractivity contribution in [2.45, 2.75) is 33.2 Å². The third kappa shape index (κ3) is 4.93. The van der Waals surface area contributed by atoms with Gasteiger partial charge in [-0.15, -0.1) is 0 Å². The molecular formula is C16H26N2O3. The zero-order valence-electron chi connectivity index (χ0n) is 13.5. The Hall–Kier alpha value is -1.75. The van der Waals surface area contributed by atoms with Crippen LogP contribution in [-0.4, -0.2) is 32.7 Å². The number of nitrogens with two attached hydrogens (primary N) is 1. The molecule has 1 unspecified atom stereocenters. The molecule has 0 spiro atoms. The van der Waals surface area contributed by atoms with E-state index in [4.69, 9.17) is 15.2 Å². The van der Waals surface area contributed by atoms with Crippen molar-refractivity contribution in [3.05, 3.63) is 23.8 Å². The van der Waals surface area contributed by atoms with Crippen LogP contribution < -0.4 is 20.5 Å². The predicted octanol–water partition coefficient (Wildman–Crippen LogP) is 1.74. The summed E-state index contributed by atoms with van der Waals surface area (Å²) in [7, 11) is 3.16. The van der Waals surface area contributed by atoms with Gasteiger partial charge in [-0.05, 0) is 23.1 Å². The minimum atomic E-state index is -0.0675. The highest BCUT2D eigenvalue weighted by Gasteiger charge is 2.24. The molecule has 0 aliphatic carbocycles. The maximum Gasteiger partial charge on any atom is 0.224 e. The molecular weight excluding hydrogens is 268 g/mol. The summed E-state index contributed by atoms with van der Waals surface area (Å²) in [6, 6.07) is 5.42. The number of carbonyl (C=O) groups excluding carboxylic acids is 1. The summed E-state index contributed by atoms with van der Waals surface area (Å²) in [6.45, 7) is 6.59. The van der Waals surface area contributed by atoms with E-state index in [-0.39, 0.29) is 23.8 Å². The quantitative estimate of drug-likeness (QED) is 0.838. The molecule has 0 bridgehead atoms. The first kappa shape index (κ1) is 17.3. The summed E-state index contributed by atoms with van der Waals surface area (Å²) in [5.41, 5.74) is 6.54. The van der Waals surface area contributed by atoms with Gasteiger partial charge in [-0.3, -0.25) is 4.79 Å². The van der Waals surface area contributed by atoms with E-state index in [1.165, 1.54) is 0 Å². The molecule has 21 heavy (non-hydrogen) atoms. The van der Waals surface area contributed by atoms with Crippen LogP contribution in [0, 0.1) is 5.41 Å². The van der Waals surface area contributed by atoms with Crippen molar-refractivity contribution in [2.24, 2.45) is 11.1 Å². The Morgan fingerprint density at radius 2 is 1.86 bits per heavy atom. The number of hydrogen-bond acceptors (Lipinski definition) is 4. The number of ether oxygens (including phenoxy) is 2. The second-order valence-corrected chi connectivity index (χ2v) is 6.09. The predicted molar refractivity (Wildman–Crippen MR) is 83.7 cm³/mol. The highest BCUT2D eigenvalue weighted by molar-refractivity contribution is 5.79. The summed E-state index contributed by atoms with van der Waals surface area (Å²) in [5, 5.41) is 2.99. The average molecular weight is 294 g/mol. The topological polar surface area (TPSA) is 73.6 Å². The molecule has 0 aromatic heterocycles. The van der Waals surface area contributed by atoms with Crippen LogP contribution in [0.5, 0.6) is 11.5 Å². The maximum absolute atomic E-state index is 12.1. The highest BCUT2D eigenvalue weighted by atomic mass is 16.5. The third-order valence-electron chi connectivity index (χ3n) is 3.43. The second kappa shape index (κ2) is 7.31. The van der Waals surface area contributed by atoms with Crippen molar-refractivity contribution >= 4 is 5.91 Å². The molecule has 118 valence electrons. The lowest BCUT2D eigenvalue weighted by Gasteiger charge is -2.30. The first-order valence-corrected chi connectivity index (χ1v) is 7.02. The van der Waals surface area contributed by atoms with Gasteiger partial charge in [0.25, 0.3) is 0 Å². The molecule has 0 saturated carbocycles. The smallest absolute Gasteiger partial charge is 0.224 e. The molecule has 0 saturated heterocycles. The average Bonchev–Trinajstić information content (AvgIpc) is 2.43. The lowest BCUT2D eigenvalue weighted by molar-refractivity contribution is -0.121. The Kier molecular flexibility index (Phi) is 6.03. The molecule has 5 heteroatoms. The van der Waals surface area contributed by atoms with Crippen LogP contribution in [-0.2, 0) is 11.2 Å². The number of benzene rings is 1. The van der Waals surface area contributed by atoms with E-state index in [2.05, 4.69) is 26.1 Å². The third-order valence-corrected chi connectivity index (χ3v) is 3.43. The highest BCUT2D eigenvalue weighted by Crippen LogP contribution is 2.27. The molecule has 3 N–H and O–H groups in total. The Morgan fingerprint density at radius 1 is 1.24 bits per heavy atom. The fraction of sp³-hybridized carbons (Fsp3) is 0.562. The van der Waals surface area contributed by atoms with Gasteiger partial charge in [0.2, 0.25) is 5.91 Å². The zero-order valence-corrected chi connectivity index (χ0v) is 13.5. The first-order chi connectivity index (χ1) is 9.81. The molecule has 5 nitrogen and oxygen atoms in total. The van der Waals surface area contributed by atoms with E-state index in [9.17, 15) is 4.79 Å². The minimum absolute atomic E-state index is 0.0485. The number of carbonyl (C=O) groups is 1. The Bertz CT molecular complexity index is 481. The van der Waals surface area contributed by atoms with Crippen molar-refractivity contribution in [3.8, 4) is 11.5 Å². The Balaban J connectivity index is 2.75. The lowest BCUT2D eigenvalue weighted by atomic mass is 9.86. The van der Waals surface area contributed by atoms with Crippen LogP contribution in [0.15, 0.2) is 18.2 Å². The van der Waals surface area contributed by atoms with E-state index in [1.807, 2.05) is 12.1 Å². The summed E-state index contributed by atoms with van der Waals surface area (Å²) < 4.78 is 10.4. The van der Waals surface area contributed by atoms with E-state index in [0.29, 0.717) is 18.0 Å². The van der Waals surface area contributed by atoms with Gasteiger partial charge in [-0.1, -0.05) is 26.8 Å². The maximum atomic E-state index is 12.1. The zero-order chi connectivity index (χ0) is 16.0. The summed E-state index contributed by atoms with van der Waals surface area (Å²) in [4.78, 5) is 12.1. The van der Waals surface area contributed by atoms with Crippen LogP contribution in [0.25, 0.3) is 0 Å². The van der Waals surface area contributed by atoms with E-state index >= 15 is 0 Å². The largest absolute Gasteiger partial charge is 0.493 e. The van der Waals surface area contributed by atoms with Crippen molar-refractivity contribution in [1.29, 1.82) is 0 Å². The van der Waals surface area contributed by atoms with E-state index < -0.39 is 0 Å². The SMILES string of the molecule is COc1ccc(CC(=O)NC(CN)C(C)(C)C)cc1OC. The molecule has 0 aliphatic rings.